The maximum absolute atomic E-state index is 5.90. The topological polar surface area (TPSA) is 76.7 Å². The lowest BCUT2D eigenvalue weighted by molar-refractivity contribution is 0.774. The van der Waals surface area contributed by atoms with Gasteiger partial charge in [0.1, 0.15) is 17.5 Å². The highest BCUT2D eigenvalue weighted by Crippen LogP contribution is 2.21. The van der Waals surface area contributed by atoms with Crippen molar-refractivity contribution in [2.75, 3.05) is 11.1 Å². The molecule has 0 atom stereocenters. The van der Waals surface area contributed by atoms with Crippen molar-refractivity contribution in [3.05, 3.63) is 28.0 Å². The Morgan fingerprint density at radius 3 is 2.78 bits per heavy atom. The quantitative estimate of drug-likeness (QED) is 0.886. The van der Waals surface area contributed by atoms with Gasteiger partial charge in [-0.2, -0.15) is 0 Å². The Kier molecular flexibility index (Phi) is 3.76. The van der Waals surface area contributed by atoms with Crippen LogP contribution in [0, 0.1) is 6.92 Å². The van der Waals surface area contributed by atoms with Gasteiger partial charge in [0.05, 0.1) is 17.7 Å². The summed E-state index contributed by atoms with van der Waals surface area (Å²) in [6, 6.07) is 0. The summed E-state index contributed by atoms with van der Waals surface area (Å²) in [5.74, 6) is 2.35. The smallest absolute Gasteiger partial charge is 0.135 e. The standard InChI is InChI=1S/C12H17N5S/c1-7(2)11-16-10(13)8(3)12(17-11)14-4-9-5-18-6-15-9/h5-7H,4H2,1-3H3,(H3,13,14,16,17). The first-order valence-corrected chi connectivity index (χ1v) is 6.77. The molecule has 0 unspecified atom stereocenters. The molecule has 0 saturated carbocycles. The molecule has 0 aliphatic carbocycles. The van der Waals surface area contributed by atoms with Crippen molar-refractivity contribution in [2.24, 2.45) is 0 Å². The van der Waals surface area contributed by atoms with Gasteiger partial charge >= 0.3 is 0 Å². The van der Waals surface area contributed by atoms with Crippen molar-refractivity contribution in [2.45, 2.75) is 33.2 Å². The minimum absolute atomic E-state index is 0.257. The zero-order chi connectivity index (χ0) is 13.1. The lowest BCUT2D eigenvalue weighted by Gasteiger charge is -2.12. The molecule has 3 N–H and O–H groups in total. The highest BCUT2D eigenvalue weighted by Gasteiger charge is 2.11. The largest absolute Gasteiger partial charge is 0.383 e. The van der Waals surface area contributed by atoms with Crippen LogP contribution in [0.5, 0.6) is 0 Å². The van der Waals surface area contributed by atoms with Gasteiger partial charge in [-0.15, -0.1) is 11.3 Å². The van der Waals surface area contributed by atoms with E-state index in [2.05, 4.69) is 20.3 Å². The number of nitrogen functional groups attached to an aromatic ring is 1. The molecule has 2 rings (SSSR count). The summed E-state index contributed by atoms with van der Waals surface area (Å²) in [6.07, 6.45) is 0. The van der Waals surface area contributed by atoms with Crippen molar-refractivity contribution >= 4 is 23.0 Å². The minimum Gasteiger partial charge on any atom is -0.383 e. The normalized spacial score (nSPS) is 10.9. The number of thiazole rings is 1. The molecule has 0 amide bonds. The summed E-state index contributed by atoms with van der Waals surface area (Å²) in [5, 5.41) is 5.27. The van der Waals surface area contributed by atoms with E-state index in [1.165, 1.54) is 0 Å². The zero-order valence-electron chi connectivity index (χ0n) is 10.8. The van der Waals surface area contributed by atoms with Crippen LogP contribution in [0.1, 0.15) is 36.8 Å². The molecule has 0 radical (unpaired) electrons. The molecule has 5 nitrogen and oxygen atoms in total. The Balaban J connectivity index is 2.20. The van der Waals surface area contributed by atoms with Crippen molar-refractivity contribution in [3.63, 3.8) is 0 Å². The third-order valence-corrected chi connectivity index (χ3v) is 3.27. The van der Waals surface area contributed by atoms with Gasteiger partial charge in [0.15, 0.2) is 0 Å². The average molecular weight is 263 g/mol. The predicted molar refractivity (Wildman–Crippen MR) is 74.7 cm³/mol. The van der Waals surface area contributed by atoms with Gasteiger partial charge in [0.25, 0.3) is 0 Å². The van der Waals surface area contributed by atoms with Crippen molar-refractivity contribution in [3.8, 4) is 0 Å². The SMILES string of the molecule is Cc1c(N)nc(C(C)C)nc1NCc1cscn1. The van der Waals surface area contributed by atoms with E-state index in [1.807, 2.05) is 31.7 Å². The monoisotopic (exact) mass is 263 g/mol. The summed E-state index contributed by atoms with van der Waals surface area (Å²) in [5.41, 5.74) is 9.61. The van der Waals surface area contributed by atoms with E-state index in [9.17, 15) is 0 Å². The zero-order valence-corrected chi connectivity index (χ0v) is 11.6. The Bertz CT molecular complexity index is 522. The number of rotatable bonds is 4. The van der Waals surface area contributed by atoms with Crippen LogP contribution in [0.3, 0.4) is 0 Å². The van der Waals surface area contributed by atoms with E-state index in [-0.39, 0.29) is 5.92 Å². The first-order valence-electron chi connectivity index (χ1n) is 5.83. The average Bonchev–Trinajstić information content (AvgIpc) is 2.83. The molecule has 6 heteroatoms. The minimum atomic E-state index is 0.257. The lowest BCUT2D eigenvalue weighted by Crippen LogP contribution is -2.10. The van der Waals surface area contributed by atoms with E-state index in [1.54, 1.807) is 11.3 Å². The summed E-state index contributed by atoms with van der Waals surface area (Å²) in [4.78, 5) is 13.0. The van der Waals surface area contributed by atoms with Crippen LogP contribution in [0.25, 0.3) is 0 Å². The van der Waals surface area contributed by atoms with Crippen LogP contribution in [-0.4, -0.2) is 15.0 Å². The van der Waals surface area contributed by atoms with E-state index in [0.29, 0.717) is 12.4 Å². The molecule has 18 heavy (non-hydrogen) atoms. The molecule has 0 aromatic carbocycles. The number of anilines is 2. The number of nitrogens with one attached hydrogen (secondary N) is 1. The van der Waals surface area contributed by atoms with Crippen LogP contribution < -0.4 is 11.1 Å². The van der Waals surface area contributed by atoms with Gasteiger partial charge in [0.2, 0.25) is 0 Å². The number of hydrogen-bond donors (Lipinski definition) is 2. The fourth-order valence-corrected chi connectivity index (χ4v) is 2.04. The second-order valence-corrected chi connectivity index (χ2v) is 5.15. The molecular formula is C12H17N5S. The molecule has 0 fully saturated rings. The van der Waals surface area contributed by atoms with Crippen molar-refractivity contribution in [1.82, 2.24) is 15.0 Å². The highest BCUT2D eigenvalue weighted by molar-refractivity contribution is 7.07. The molecule has 0 bridgehead atoms. The second-order valence-electron chi connectivity index (χ2n) is 4.43. The molecule has 96 valence electrons. The molecule has 0 aliphatic heterocycles. The predicted octanol–water partition coefficient (Wildman–Crippen LogP) is 2.56. The summed E-state index contributed by atoms with van der Waals surface area (Å²) < 4.78 is 0. The number of nitrogens with zero attached hydrogens (tertiary/aromatic N) is 3. The first-order chi connectivity index (χ1) is 8.58. The Morgan fingerprint density at radius 2 is 2.17 bits per heavy atom. The van der Waals surface area contributed by atoms with E-state index >= 15 is 0 Å². The van der Waals surface area contributed by atoms with Crippen LogP contribution >= 0.6 is 11.3 Å². The molecule has 2 heterocycles. The Labute approximate surface area is 111 Å². The molecule has 0 aliphatic rings. The van der Waals surface area contributed by atoms with Gasteiger partial charge in [-0.25, -0.2) is 15.0 Å². The summed E-state index contributed by atoms with van der Waals surface area (Å²) in [6.45, 7) is 6.67. The van der Waals surface area contributed by atoms with Gasteiger partial charge in [-0.3, -0.25) is 0 Å². The third kappa shape index (κ3) is 2.76. The van der Waals surface area contributed by atoms with Crippen molar-refractivity contribution in [1.29, 1.82) is 0 Å². The number of nitrogens with two attached hydrogens (primary N) is 1. The lowest BCUT2D eigenvalue weighted by atomic mass is 10.2. The number of hydrogen-bond acceptors (Lipinski definition) is 6. The van der Waals surface area contributed by atoms with E-state index in [0.717, 1.165) is 22.9 Å². The fraction of sp³-hybridized carbons (Fsp3) is 0.417. The summed E-state index contributed by atoms with van der Waals surface area (Å²) in [7, 11) is 0. The second kappa shape index (κ2) is 5.30. The third-order valence-electron chi connectivity index (χ3n) is 2.64. The molecular weight excluding hydrogens is 246 g/mol. The van der Waals surface area contributed by atoms with Crippen molar-refractivity contribution < 1.29 is 0 Å². The van der Waals surface area contributed by atoms with Gasteiger partial charge < -0.3 is 11.1 Å². The summed E-state index contributed by atoms with van der Waals surface area (Å²) >= 11 is 1.58. The molecule has 2 aromatic heterocycles. The van der Waals surface area contributed by atoms with Crippen LogP contribution in [0.4, 0.5) is 11.6 Å². The van der Waals surface area contributed by atoms with E-state index in [4.69, 9.17) is 5.73 Å². The van der Waals surface area contributed by atoms with Crippen LogP contribution in [0.2, 0.25) is 0 Å². The maximum atomic E-state index is 5.90. The van der Waals surface area contributed by atoms with Crippen LogP contribution in [0.15, 0.2) is 10.9 Å². The highest BCUT2D eigenvalue weighted by atomic mass is 32.1. The van der Waals surface area contributed by atoms with Gasteiger partial charge in [-0.1, -0.05) is 13.8 Å². The molecule has 2 aromatic rings. The van der Waals surface area contributed by atoms with Gasteiger partial charge in [-0.05, 0) is 6.92 Å². The van der Waals surface area contributed by atoms with E-state index < -0.39 is 0 Å². The maximum Gasteiger partial charge on any atom is 0.135 e. The molecule has 0 saturated heterocycles. The number of aromatic nitrogens is 3. The van der Waals surface area contributed by atoms with Gasteiger partial charge in [0, 0.05) is 16.9 Å². The Hall–Kier alpha value is -1.69. The first kappa shape index (κ1) is 12.8. The Morgan fingerprint density at radius 1 is 1.39 bits per heavy atom. The molecule has 0 spiro atoms. The fourth-order valence-electron chi connectivity index (χ4n) is 1.48. The van der Waals surface area contributed by atoms with Crippen LogP contribution in [-0.2, 0) is 6.54 Å².